The minimum absolute atomic E-state index is 0.109. The molecule has 2 aromatic heterocycles. The molecule has 4 bridgehead atoms. The maximum atomic E-state index is 15.7. The number of ether oxygens (including phenoxy) is 2. The van der Waals surface area contributed by atoms with Crippen molar-refractivity contribution in [1.29, 1.82) is 0 Å². The van der Waals surface area contributed by atoms with Crippen molar-refractivity contribution in [3.8, 4) is 22.9 Å². The first-order chi connectivity index (χ1) is 24.2. The van der Waals surface area contributed by atoms with Crippen LogP contribution in [0.4, 0.5) is 13.6 Å². The maximum Gasteiger partial charge on any atom is 0.410 e. The zero-order valence-electron chi connectivity index (χ0n) is 29.7. The Kier molecular flexibility index (Phi) is 9.63. The summed E-state index contributed by atoms with van der Waals surface area (Å²) in [6, 6.07) is 14.9. The summed E-state index contributed by atoms with van der Waals surface area (Å²) in [5.74, 6) is -1.96. The number of carbonyl (C=O) groups is 2. The SMILES string of the molecule is CC(Cc1cccc(C2(C)CCCCC(C)(C)N(C)C(=O)OCc3c(c(F)cc4[nH]ccc34)Oc3ccc(F)c(c3)-c3nc2nn3C)c1)C(=O)O. The molecule has 5 aromatic rings. The molecule has 3 heterocycles. The first-order valence-electron chi connectivity index (χ1n) is 17.1. The number of aryl methyl sites for hydroxylation is 1. The fourth-order valence-electron chi connectivity index (χ4n) is 6.74. The molecule has 10 nitrogen and oxygen atoms in total. The second kappa shape index (κ2) is 13.8. The van der Waals surface area contributed by atoms with E-state index in [1.807, 2.05) is 45.0 Å². The van der Waals surface area contributed by atoms with Crippen LogP contribution in [0.3, 0.4) is 0 Å². The molecule has 6 rings (SSSR count). The summed E-state index contributed by atoms with van der Waals surface area (Å²) in [7, 11) is 3.38. The van der Waals surface area contributed by atoms with Crippen molar-refractivity contribution in [2.75, 3.05) is 7.05 Å². The molecule has 2 N–H and O–H groups in total. The van der Waals surface area contributed by atoms with Gasteiger partial charge in [-0.3, -0.25) is 4.79 Å². The van der Waals surface area contributed by atoms with E-state index < -0.39 is 40.6 Å². The smallest absolute Gasteiger partial charge is 0.410 e. The van der Waals surface area contributed by atoms with Crippen LogP contribution in [0.25, 0.3) is 22.3 Å². The Morgan fingerprint density at radius 3 is 2.57 bits per heavy atom. The summed E-state index contributed by atoms with van der Waals surface area (Å²) in [5.41, 5.74) is 1.39. The Labute approximate surface area is 295 Å². The zero-order valence-corrected chi connectivity index (χ0v) is 29.7. The van der Waals surface area contributed by atoms with Crippen molar-refractivity contribution in [2.24, 2.45) is 13.0 Å². The molecule has 0 spiro atoms. The first-order valence-corrected chi connectivity index (χ1v) is 17.1. The van der Waals surface area contributed by atoms with Gasteiger partial charge >= 0.3 is 12.1 Å². The molecule has 2 unspecified atom stereocenters. The number of hydrogen-bond donors (Lipinski definition) is 2. The lowest BCUT2D eigenvalue weighted by molar-refractivity contribution is -0.141. The number of rotatable bonds is 4. The number of hydrogen-bond acceptors (Lipinski definition) is 6. The van der Waals surface area contributed by atoms with Crippen molar-refractivity contribution in [3.05, 3.63) is 94.9 Å². The number of H-pyrrole nitrogens is 1. The number of carboxylic acids is 1. The average molecular weight is 700 g/mol. The summed E-state index contributed by atoms with van der Waals surface area (Å²) in [6.45, 7) is 7.40. The van der Waals surface area contributed by atoms with E-state index in [1.165, 1.54) is 28.9 Å². The number of halogens is 2. The quantitative estimate of drug-likeness (QED) is 0.193. The molecule has 1 amide bonds. The summed E-state index contributed by atoms with van der Waals surface area (Å²) in [5, 5.41) is 15.0. The molecule has 0 aliphatic carbocycles. The predicted octanol–water partition coefficient (Wildman–Crippen LogP) is 8.52. The lowest BCUT2D eigenvalue weighted by atomic mass is 9.76. The van der Waals surface area contributed by atoms with E-state index in [2.05, 4.69) is 4.98 Å². The summed E-state index contributed by atoms with van der Waals surface area (Å²) in [6.07, 6.45) is 4.21. The van der Waals surface area contributed by atoms with Gasteiger partial charge in [0.1, 0.15) is 18.2 Å². The van der Waals surface area contributed by atoms with Crippen molar-refractivity contribution < 1.29 is 33.0 Å². The van der Waals surface area contributed by atoms with Crippen LogP contribution >= 0.6 is 0 Å². The highest BCUT2D eigenvalue weighted by Crippen LogP contribution is 2.40. The lowest BCUT2D eigenvalue weighted by Gasteiger charge is -2.35. The van der Waals surface area contributed by atoms with Gasteiger partial charge in [0.15, 0.2) is 23.2 Å². The monoisotopic (exact) mass is 699 g/mol. The zero-order chi connectivity index (χ0) is 36.7. The fourth-order valence-corrected chi connectivity index (χ4v) is 6.74. The van der Waals surface area contributed by atoms with Gasteiger partial charge < -0.3 is 24.5 Å². The minimum atomic E-state index is -0.872. The fraction of sp³-hybridized carbons (Fsp3) is 0.385. The number of amides is 1. The highest BCUT2D eigenvalue weighted by atomic mass is 19.1. The molecule has 51 heavy (non-hydrogen) atoms. The van der Waals surface area contributed by atoms with Crippen LogP contribution in [-0.2, 0) is 35.0 Å². The lowest BCUT2D eigenvalue weighted by Crippen LogP contribution is -2.45. The van der Waals surface area contributed by atoms with Crippen LogP contribution < -0.4 is 4.74 Å². The van der Waals surface area contributed by atoms with Gasteiger partial charge in [0.25, 0.3) is 0 Å². The predicted molar refractivity (Wildman–Crippen MR) is 189 cm³/mol. The van der Waals surface area contributed by atoms with Crippen LogP contribution in [0, 0.1) is 17.6 Å². The average Bonchev–Trinajstić information content (AvgIpc) is 3.73. The van der Waals surface area contributed by atoms with Crippen LogP contribution in [0.5, 0.6) is 11.5 Å². The molecule has 3 aromatic carbocycles. The molecular weight excluding hydrogens is 656 g/mol. The number of nitrogens with one attached hydrogen (secondary N) is 1. The molecule has 0 saturated heterocycles. The third-order valence-electron chi connectivity index (χ3n) is 10.3. The third-order valence-corrected chi connectivity index (χ3v) is 10.3. The van der Waals surface area contributed by atoms with Gasteiger partial charge in [-0.1, -0.05) is 44.0 Å². The number of carbonyl (C=O) groups excluding carboxylic acids is 1. The second-order valence-electron chi connectivity index (χ2n) is 14.3. The van der Waals surface area contributed by atoms with Gasteiger partial charge in [0.2, 0.25) is 0 Å². The van der Waals surface area contributed by atoms with E-state index in [0.717, 1.165) is 24.0 Å². The number of cyclic esters (lactones) is 1. The van der Waals surface area contributed by atoms with Crippen LogP contribution in [0.15, 0.2) is 60.8 Å². The molecule has 2 atom stereocenters. The van der Waals surface area contributed by atoms with Crippen LogP contribution in [-0.4, -0.2) is 54.4 Å². The molecule has 0 saturated carbocycles. The van der Waals surface area contributed by atoms with Crippen molar-refractivity contribution in [1.82, 2.24) is 24.6 Å². The number of benzene rings is 3. The second-order valence-corrected chi connectivity index (χ2v) is 14.3. The Bertz CT molecular complexity index is 2110. The summed E-state index contributed by atoms with van der Waals surface area (Å²) in [4.78, 5) is 34.5. The minimum Gasteiger partial charge on any atom is -0.481 e. The van der Waals surface area contributed by atoms with E-state index in [1.54, 1.807) is 38.2 Å². The van der Waals surface area contributed by atoms with Gasteiger partial charge in [-0.15, -0.1) is 0 Å². The Hall–Kier alpha value is -5.26. The van der Waals surface area contributed by atoms with E-state index >= 15 is 8.78 Å². The van der Waals surface area contributed by atoms with Crippen molar-refractivity contribution >= 4 is 23.0 Å². The van der Waals surface area contributed by atoms with E-state index in [4.69, 9.17) is 19.6 Å². The molecule has 0 radical (unpaired) electrons. The van der Waals surface area contributed by atoms with Crippen molar-refractivity contribution in [3.63, 3.8) is 0 Å². The Balaban J connectivity index is 1.48. The van der Waals surface area contributed by atoms with Gasteiger partial charge in [-0.2, -0.15) is 5.10 Å². The highest BCUT2D eigenvalue weighted by Gasteiger charge is 2.36. The molecule has 12 heteroatoms. The van der Waals surface area contributed by atoms with E-state index in [0.29, 0.717) is 41.6 Å². The molecular formula is C39H43F2N5O5. The topological polar surface area (TPSA) is 123 Å². The number of carboxylic acid groups (broad SMARTS) is 1. The first kappa shape index (κ1) is 35.6. The highest BCUT2D eigenvalue weighted by molar-refractivity contribution is 5.86. The van der Waals surface area contributed by atoms with Gasteiger partial charge in [0, 0.05) is 48.4 Å². The molecule has 1 aliphatic rings. The van der Waals surface area contributed by atoms with E-state index in [9.17, 15) is 14.7 Å². The Morgan fingerprint density at radius 1 is 1.04 bits per heavy atom. The number of aromatic amines is 1. The number of fused-ring (bicyclic) bond motifs is 8. The number of aliphatic carboxylic acids is 1. The largest absolute Gasteiger partial charge is 0.481 e. The van der Waals surface area contributed by atoms with Crippen LogP contribution in [0.1, 0.15) is 75.9 Å². The number of nitrogens with zero attached hydrogens (tertiary/aromatic N) is 4. The summed E-state index contributed by atoms with van der Waals surface area (Å²) >= 11 is 0. The van der Waals surface area contributed by atoms with Crippen molar-refractivity contribution in [2.45, 2.75) is 77.4 Å². The standard InChI is InChI=1S/C39H43F2N5O5/c1-23(35(47)48)18-24-10-9-11-25(19-24)39(4)16-8-7-15-38(2,3)45(5)37(49)50-22-29-27-14-17-42-32(27)21-31(41)33(29)51-26-12-13-30(40)28(20-26)34-43-36(39)44-46(34)6/h9-14,17,19-21,23,42H,7-8,15-16,18,22H2,1-6H3,(H,47,48). The van der Waals surface area contributed by atoms with Gasteiger partial charge in [0.05, 0.1) is 16.9 Å². The molecule has 268 valence electrons. The van der Waals surface area contributed by atoms with E-state index in [-0.39, 0.29) is 29.5 Å². The third kappa shape index (κ3) is 7.04. The van der Waals surface area contributed by atoms with Crippen LogP contribution in [0.2, 0.25) is 0 Å². The Morgan fingerprint density at radius 2 is 1.80 bits per heavy atom. The molecule has 1 aliphatic heterocycles. The normalized spacial score (nSPS) is 18.9. The number of aromatic nitrogens is 4. The maximum absolute atomic E-state index is 15.7. The van der Waals surface area contributed by atoms with Gasteiger partial charge in [-0.05, 0) is 75.4 Å². The molecule has 0 fully saturated rings. The summed E-state index contributed by atoms with van der Waals surface area (Å²) < 4.78 is 44.8. The van der Waals surface area contributed by atoms with Gasteiger partial charge in [-0.25, -0.2) is 23.2 Å².